The van der Waals surface area contributed by atoms with E-state index >= 15 is 0 Å². The lowest BCUT2D eigenvalue weighted by atomic mass is 10.1. The van der Waals surface area contributed by atoms with Crippen LogP contribution >= 0.6 is 0 Å². The van der Waals surface area contributed by atoms with Crippen molar-refractivity contribution in [3.63, 3.8) is 0 Å². The molecule has 0 fully saturated rings. The van der Waals surface area contributed by atoms with Crippen LogP contribution in [0.15, 0.2) is 24.5 Å². The summed E-state index contributed by atoms with van der Waals surface area (Å²) in [7, 11) is 0. The molecule has 1 atom stereocenters. The monoisotopic (exact) mass is 236 g/mol. The van der Waals surface area contributed by atoms with E-state index in [0.717, 1.165) is 12.1 Å². The van der Waals surface area contributed by atoms with Gasteiger partial charge in [0.05, 0.1) is 5.92 Å². The van der Waals surface area contributed by atoms with Gasteiger partial charge in [-0.2, -0.15) is 0 Å². The van der Waals surface area contributed by atoms with Gasteiger partial charge >= 0.3 is 5.97 Å². The fraction of sp³-hybridized carbons (Fsp3) is 0.538. The molecule has 94 valence electrons. The second-order valence-electron chi connectivity index (χ2n) is 4.62. The third-order valence-electron chi connectivity index (χ3n) is 2.80. The molecule has 0 radical (unpaired) electrons. The molecule has 17 heavy (non-hydrogen) atoms. The molecule has 0 aliphatic rings. The topological polar surface area (TPSA) is 53.4 Å². The SMILES string of the molecule is CC(CN(Cc1ccncc1)C(C)C)C(=O)O. The molecule has 0 saturated carbocycles. The third kappa shape index (κ3) is 4.53. The van der Waals surface area contributed by atoms with Gasteiger partial charge in [0.1, 0.15) is 0 Å². The lowest BCUT2D eigenvalue weighted by molar-refractivity contribution is -0.141. The van der Waals surface area contributed by atoms with Crippen molar-refractivity contribution < 1.29 is 9.90 Å². The number of nitrogens with zero attached hydrogens (tertiary/aromatic N) is 2. The van der Waals surface area contributed by atoms with Crippen molar-refractivity contribution >= 4 is 5.97 Å². The predicted octanol–water partition coefficient (Wildman–Crippen LogP) is 2.01. The lowest BCUT2D eigenvalue weighted by Gasteiger charge is -2.28. The van der Waals surface area contributed by atoms with Gasteiger partial charge in [-0.15, -0.1) is 0 Å². The van der Waals surface area contributed by atoms with Crippen molar-refractivity contribution in [3.8, 4) is 0 Å². The quantitative estimate of drug-likeness (QED) is 0.821. The third-order valence-corrected chi connectivity index (χ3v) is 2.80. The van der Waals surface area contributed by atoms with Crippen LogP contribution in [0.25, 0.3) is 0 Å². The van der Waals surface area contributed by atoms with Crippen LogP contribution < -0.4 is 0 Å². The predicted molar refractivity (Wildman–Crippen MR) is 66.6 cm³/mol. The normalized spacial score (nSPS) is 13.0. The molecule has 4 heteroatoms. The van der Waals surface area contributed by atoms with Crippen molar-refractivity contribution in [2.75, 3.05) is 6.54 Å². The summed E-state index contributed by atoms with van der Waals surface area (Å²) in [6, 6.07) is 4.24. The van der Waals surface area contributed by atoms with Gasteiger partial charge in [0.25, 0.3) is 0 Å². The van der Waals surface area contributed by atoms with Gasteiger partial charge in [-0.25, -0.2) is 0 Å². The smallest absolute Gasteiger partial charge is 0.307 e. The summed E-state index contributed by atoms with van der Waals surface area (Å²) < 4.78 is 0. The Morgan fingerprint density at radius 2 is 1.94 bits per heavy atom. The van der Waals surface area contributed by atoms with Gasteiger partial charge in [-0.3, -0.25) is 14.7 Å². The van der Waals surface area contributed by atoms with Crippen LogP contribution in [0.2, 0.25) is 0 Å². The molecule has 0 bridgehead atoms. The molecule has 1 rings (SSSR count). The Morgan fingerprint density at radius 3 is 2.41 bits per heavy atom. The molecular weight excluding hydrogens is 216 g/mol. The van der Waals surface area contributed by atoms with E-state index in [4.69, 9.17) is 5.11 Å². The van der Waals surface area contributed by atoms with E-state index in [1.165, 1.54) is 0 Å². The van der Waals surface area contributed by atoms with E-state index in [-0.39, 0.29) is 5.92 Å². The maximum atomic E-state index is 10.9. The second-order valence-corrected chi connectivity index (χ2v) is 4.62. The highest BCUT2D eigenvalue weighted by Gasteiger charge is 2.18. The number of carboxylic acid groups (broad SMARTS) is 1. The first-order chi connectivity index (χ1) is 8.00. The molecule has 0 aliphatic heterocycles. The van der Waals surface area contributed by atoms with Gasteiger partial charge in [0, 0.05) is 31.5 Å². The Bertz CT molecular complexity index is 352. The first-order valence-corrected chi connectivity index (χ1v) is 5.86. The van der Waals surface area contributed by atoms with Crippen molar-refractivity contribution in [1.82, 2.24) is 9.88 Å². The number of hydrogen-bond donors (Lipinski definition) is 1. The van der Waals surface area contributed by atoms with Crippen molar-refractivity contribution in [1.29, 1.82) is 0 Å². The van der Waals surface area contributed by atoms with E-state index in [1.54, 1.807) is 19.3 Å². The van der Waals surface area contributed by atoms with Crippen LogP contribution in [0.3, 0.4) is 0 Å². The number of aromatic nitrogens is 1. The maximum absolute atomic E-state index is 10.9. The van der Waals surface area contributed by atoms with E-state index in [0.29, 0.717) is 12.6 Å². The molecule has 0 saturated heterocycles. The van der Waals surface area contributed by atoms with Gasteiger partial charge in [0.15, 0.2) is 0 Å². The highest BCUT2D eigenvalue weighted by Crippen LogP contribution is 2.10. The molecule has 1 N–H and O–H groups in total. The number of aliphatic carboxylic acids is 1. The molecule has 0 spiro atoms. The van der Waals surface area contributed by atoms with Crippen LogP contribution in [0.4, 0.5) is 0 Å². The van der Waals surface area contributed by atoms with Gasteiger partial charge in [-0.1, -0.05) is 6.92 Å². The minimum Gasteiger partial charge on any atom is -0.481 e. The minimum absolute atomic E-state index is 0.324. The van der Waals surface area contributed by atoms with Crippen molar-refractivity contribution in [2.24, 2.45) is 5.92 Å². The first kappa shape index (κ1) is 13.6. The zero-order valence-electron chi connectivity index (χ0n) is 10.6. The molecule has 1 aromatic rings. The zero-order chi connectivity index (χ0) is 12.8. The maximum Gasteiger partial charge on any atom is 0.307 e. The number of pyridine rings is 1. The Labute approximate surface area is 102 Å². The van der Waals surface area contributed by atoms with E-state index < -0.39 is 5.97 Å². The Morgan fingerprint density at radius 1 is 1.35 bits per heavy atom. The second kappa shape index (κ2) is 6.35. The molecule has 1 unspecified atom stereocenters. The summed E-state index contributed by atoms with van der Waals surface area (Å²) in [4.78, 5) is 17.0. The van der Waals surface area contributed by atoms with Crippen molar-refractivity contribution in [2.45, 2.75) is 33.4 Å². The molecule has 4 nitrogen and oxygen atoms in total. The van der Waals surface area contributed by atoms with Gasteiger partial charge in [0.2, 0.25) is 0 Å². The van der Waals surface area contributed by atoms with E-state index in [2.05, 4.69) is 23.7 Å². The Balaban J connectivity index is 2.64. The summed E-state index contributed by atoms with van der Waals surface area (Å²) in [6.45, 7) is 7.23. The van der Waals surface area contributed by atoms with Gasteiger partial charge < -0.3 is 5.11 Å². The average Bonchev–Trinajstić information content (AvgIpc) is 2.29. The van der Waals surface area contributed by atoms with E-state index in [9.17, 15) is 4.79 Å². The fourth-order valence-corrected chi connectivity index (χ4v) is 1.61. The zero-order valence-corrected chi connectivity index (χ0v) is 10.6. The first-order valence-electron chi connectivity index (χ1n) is 5.86. The van der Waals surface area contributed by atoms with Crippen LogP contribution in [0.5, 0.6) is 0 Å². The summed E-state index contributed by atoms with van der Waals surface area (Å²) in [5.41, 5.74) is 1.16. The molecule has 1 heterocycles. The number of hydrogen-bond acceptors (Lipinski definition) is 3. The van der Waals surface area contributed by atoms with Crippen LogP contribution in [0, 0.1) is 5.92 Å². The standard InChI is InChI=1S/C13H20N2O2/c1-10(2)15(8-11(3)13(16)17)9-12-4-6-14-7-5-12/h4-7,10-11H,8-9H2,1-3H3,(H,16,17). The van der Waals surface area contributed by atoms with Crippen LogP contribution in [-0.4, -0.2) is 33.5 Å². The minimum atomic E-state index is -0.745. The van der Waals surface area contributed by atoms with Gasteiger partial charge in [-0.05, 0) is 31.5 Å². The van der Waals surface area contributed by atoms with Crippen molar-refractivity contribution in [3.05, 3.63) is 30.1 Å². The van der Waals surface area contributed by atoms with Crippen LogP contribution in [-0.2, 0) is 11.3 Å². The number of rotatable bonds is 6. The number of carboxylic acids is 1. The molecule has 0 aliphatic carbocycles. The summed E-state index contributed by atoms with van der Waals surface area (Å²) in [5, 5.41) is 8.94. The summed E-state index contributed by atoms with van der Waals surface area (Å²) in [6.07, 6.45) is 3.52. The molecule has 0 amide bonds. The lowest BCUT2D eigenvalue weighted by Crippen LogP contribution is -2.36. The Kier molecular flexibility index (Phi) is 5.10. The highest BCUT2D eigenvalue weighted by atomic mass is 16.4. The average molecular weight is 236 g/mol. The molecule has 0 aromatic carbocycles. The summed E-state index contributed by atoms with van der Waals surface area (Å²) in [5.74, 6) is -1.09. The summed E-state index contributed by atoms with van der Waals surface area (Å²) >= 11 is 0. The molecule has 1 aromatic heterocycles. The highest BCUT2D eigenvalue weighted by molar-refractivity contribution is 5.69. The Hall–Kier alpha value is -1.42. The van der Waals surface area contributed by atoms with Crippen LogP contribution in [0.1, 0.15) is 26.3 Å². The molecular formula is C13H20N2O2. The fourth-order valence-electron chi connectivity index (χ4n) is 1.61. The number of carbonyl (C=O) groups is 1. The van der Waals surface area contributed by atoms with E-state index in [1.807, 2.05) is 12.1 Å². The largest absolute Gasteiger partial charge is 0.481 e.